The Kier molecular flexibility index (Phi) is 3.07. The molecule has 0 N–H and O–H groups in total. The molecule has 0 bridgehead atoms. The Bertz CT molecular complexity index is 770. The van der Waals surface area contributed by atoms with Crippen LogP contribution >= 0.6 is 0 Å². The Morgan fingerprint density at radius 3 is 2.86 bits per heavy atom. The molecule has 4 rings (SSSR count). The molecule has 1 aliphatic rings. The van der Waals surface area contributed by atoms with Crippen molar-refractivity contribution in [3.8, 4) is 17.3 Å². The summed E-state index contributed by atoms with van der Waals surface area (Å²) in [5.41, 5.74) is 2.03. The van der Waals surface area contributed by atoms with Gasteiger partial charge in [0.2, 0.25) is 17.6 Å². The topological polar surface area (TPSA) is 73.9 Å². The van der Waals surface area contributed by atoms with Crippen LogP contribution in [-0.4, -0.2) is 27.2 Å². The molecule has 110 valence electrons. The highest BCUT2D eigenvalue weighted by Crippen LogP contribution is 2.54. The number of aromatic nitrogens is 4. The fourth-order valence-electron chi connectivity index (χ4n) is 2.57. The summed E-state index contributed by atoms with van der Waals surface area (Å²) < 4.78 is 10.5. The monoisotopic (exact) mass is 294 g/mol. The second kappa shape index (κ2) is 5.22. The summed E-state index contributed by atoms with van der Waals surface area (Å²) >= 11 is 0. The van der Waals surface area contributed by atoms with Gasteiger partial charge in [0, 0.05) is 36.1 Å². The first-order valence-electron chi connectivity index (χ1n) is 7.09. The summed E-state index contributed by atoms with van der Waals surface area (Å²) in [7, 11) is 1.58. The number of hydrogen-bond acceptors (Lipinski definition) is 6. The van der Waals surface area contributed by atoms with Crippen molar-refractivity contribution in [1.29, 1.82) is 0 Å². The number of pyridine rings is 2. The van der Waals surface area contributed by atoms with E-state index < -0.39 is 0 Å². The van der Waals surface area contributed by atoms with E-state index >= 15 is 0 Å². The van der Waals surface area contributed by atoms with Crippen LogP contribution in [0.5, 0.6) is 5.88 Å². The molecule has 0 aliphatic heterocycles. The van der Waals surface area contributed by atoms with Crippen LogP contribution in [0, 0.1) is 0 Å². The van der Waals surface area contributed by atoms with Crippen LogP contribution in [0.3, 0.4) is 0 Å². The number of nitrogens with zero attached hydrogens (tertiary/aromatic N) is 4. The van der Waals surface area contributed by atoms with Crippen molar-refractivity contribution in [3.05, 3.63) is 54.3 Å². The average molecular weight is 294 g/mol. The van der Waals surface area contributed by atoms with Gasteiger partial charge in [-0.2, -0.15) is 4.98 Å². The Morgan fingerprint density at radius 1 is 1.18 bits per heavy atom. The number of methoxy groups -OCH3 is 1. The predicted octanol–water partition coefficient (Wildman–Crippen LogP) is 2.81. The van der Waals surface area contributed by atoms with Gasteiger partial charge < -0.3 is 9.26 Å². The van der Waals surface area contributed by atoms with Crippen molar-refractivity contribution in [2.24, 2.45) is 0 Å². The largest absolute Gasteiger partial charge is 0.481 e. The van der Waals surface area contributed by atoms with Gasteiger partial charge in [-0.15, -0.1) is 0 Å². The van der Waals surface area contributed by atoms with Crippen molar-refractivity contribution >= 4 is 0 Å². The molecule has 6 nitrogen and oxygen atoms in total. The van der Waals surface area contributed by atoms with Crippen LogP contribution in [0.2, 0.25) is 0 Å². The zero-order valence-corrected chi connectivity index (χ0v) is 12.0. The third kappa shape index (κ3) is 2.32. The van der Waals surface area contributed by atoms with E-state index in [9.17, 15) is 0 Å². The molecule has 0 aromatic carbocycles. The normalized spacial score (nSPS) is 19.9. The minimum atomic E-state index is 0.289. The lowest BCUT2D eigenvalue weighted by Gasteiger charge is -1.97. The van der Waals surface area contributed by atoms with Gasteiger partial charge in [0.1, 0.15) is 0 Å². The minimum Gasteiger partial charge on any atom is -0.481 e. The molecule has 2 atom stereocenters. The van der Waals surface area contributed by atoms with Gasteiger partial charge in [-0.1, -0.05) is 11.2 Å². The molecule has 0 unspecified atom stereocenters. The molecule has 0 saturated heterocycles. The molecule has 1 aliphatic carbocycles. The van der Waals surface area contributed by atoms with Gasteiger partial charge in [0.15, 0.2) is 0 Å². The lowest BCUT2D eigenvalue weighted by atomic mass is 10.1. The lowest BCUT2D eigenvalue weighted by molar-refractivity contribution is 0.378. The van der Waals surface area contributed by atoms with Gasteiger partial charge in [-0.05, 0) is 30.0 Å². The summed E-state index contributed by atoms with van der Waals surface area (Å²) in [5.74, 6) is 2.51. The highest BCUT2D eigenvalue weighted by atomic mass is 16.5. The van der Waals surface area contributed by atoms with Crippen molar-refractivity contribution in [3.63, 3.8) is 0 Å². The standard InChI is InChI=1S/C16H14N4O2/c1-21-14-5-4-11(9-18-14)15-19-16(22-20-15)13-7-12(13)10-3-2-6-17-8-10/h2-6,8-9,12-13H,7H2,1H3/t12-,13-/m1/s1. The first kappa shape index (κ1) is 12.9. The molecule has 0 amide bonds. The molecule has 3 aromatic rings. The fourth-order valence-corrected chi connectivity index (χ4v) is 2.57. The SMILES string of the molecule is COc1ccc(-c2noc([C@@H]3C[C@@H]3c3cccnc3)n2)cn1. The van der Waals surface area contributed by atoms with E-state index in [0.29, 0.717) is 23.5 Å². The zero-order valence-electron chi connectivity index (χ0n) is 12.0. The van der Waals surface area contributed by atoms with Crippen molar-refractivity contribution in [1.82, 2.24) is 20.1 Å². The molecule has 1 saturated carbocycles. The third-order valence-corrected chi connectivity index (χ3v) is 3.87. The summed E-state index contributed by atoms with van der Waals surface area (Å²) in [6.07, 6.45) is 6.38. The summed E-state index contributed by atoms with van der Waals surface area (Å²) in [4.78, 5) is 12.8. The van der Waals surface area contributed by atoms with Crippen LogP contribution in [0.1, 0.15) is 29.7 Å². The second-order valence-corrected chi connectivity index (χ2v) is 5.28. The summed E-state index contributed by atoms with van der Waals surface area (Å²) in [6.45, 7) is 0. The van der Waals surface area contributed by atoms with Crippen molar-refractivity contribution in [2.75, 3.05) is 7.11 Å². The molecular formula is C16H14N4O2. The van der Waals surface area contributed by atoms with E-state index in [1.807, 2.05) is 18.3 Å². The molecule has 3 aromatic heterocycles. The summed E-state index contributed by atoms with van der Waals surface area (Å²) in [5, 5.41) is 4.05. The smallest absolute Gasteiger partial charge is 0.230 e. The fraction of sp³-hybridized carbons (Fsp3) is 0.250. The first-order chi connectivity index (χ1) is 10.8. The zero-order chi connectivity index (χ0) is 14.9. The Morgan fingerprint density at radius 2 is 2.14 bits per heavy atom. The van der Waals surface area contributed by atoms with Gasteiger partial charge >= 0.3 is 0 Å². The average Bonchev–Trinajstić information content (AvgIpc) is 3.24. The number of rotatable bonds is 4. The van der Waals surface area contributed by atoms with Crippen molar-refractivity contribution in [2.45, 2.75) is 18.3 Å². The molecule has 0 spiro atoms. The van der Waals surface area contributed by atoms with E-state index in [2.05, 4.69) is 26.2 Å². The highest BCUT2D eigenvalue weighted by Gasteiger charge is 2.43. The van der Waals surface area contributed by atoms with Gasteiger partial charge in [0.05, 0.1) is 7.11 Å². The van der Waals surface area contributed by atoms with Crippen LogP contribution in [0.15, 0.2) is 47.4 Å². The van der Waals surface area contributed by atoms with Crippen molar-refractivity contribution < 1.29 is 9.26 Å². The molecule has 22 heavy (non-hydrogen) atoms. The first-order valence-corrected chi connectivity index (χ1v) is 7.09. The molecular weight excluding hydrogens is 280 g/mol. The van der Waals surface area contributed by atoms with Gasteiger partial charge in [0.25, 0.3) is 0 Å². The third-order valence-electron chi connectivity index (χ3n) is 3.87. The van der Waals surface area contributed by atoms with E-state index in [0.717, 1.165) is 12.0 Å². The maximum absolute atomic E-state index is 5.41. The van der Waals surface area contributed by atoms with E-state index in [1.165, 1.54) is 5.56 Å². The molecule has 6 heteroatoms. The van der Waals surface area contributed by atoms with E-state index in [-0.39, 0.29) is 5.92 Å². The summed E-state index contributed by atoms with van der Waals surface area (Å²) in [6, 6.07) is 7.68. The van der Waals surface area contributed by atoms with Gasteiger partial charge in [-0.3, -0.25) is 4.98 Å². The second-order valence-electron chi connectivity index (χ2n) is 5.28. The van der Waals surface area contributed by atoms with Crippen LogP contribution in [0.25, 0.3) is 11.4 Å². The molecule has 0 radical (unpaired) electrons. The van der Waals surface area contributed by atoms with Gasteiger partial charge in [-0.25, -0.2) is 4.98 Å². The lowest BCUT2D eigenvalue weighted by Crippen LogP contribution is -1.89. The maximum Gasteiger partial charge on any atom is 0.230 e. The Hall–Kier alpha value is -2.76. The number of hydrogen-bond donors (Lipinski definition) is 0. The Labute approximate surface area is 127 Å². The quantitative estimate of drug-likeness (QED) is 0.736. The molecule has 1 fully saturated rings. The van der Waals surface area contributed by atoms with Crippen LogP contribution in [-0.2, 0) is 0 Å². The number of ether oxygens (including phenoxy) is 1. The maximum atomic E-state index is 5.41. The van der Waals surface area contributed by atoms with Crippen LogP contribution in [0.4, 0.5) is 0 Å². The van der Waals surface area contributed by atoms with E-state index in [1.54, 1.807) is 25.6 Å². The van der Waals surface area contributed by atoms with Crippen LogP contribution < -0.4 is 4.74 Å². The highest BCUT2D eigenvalue weighted by molar-refractivity contribution is 5.53. The van der Waals surface area contributed by atoms with E-state index in [4.69, 9.17) is 9.26 Å². The Balaban J connectivity index is 1.53. The minimum absolute atomic E-state index is 0.289. The molecule has 3 heterocycles. The predicted molar refractivity (Wildman–Crippen MR) is 78.4 cm³/mol.